The Labute approximate surface area is 558 Å². The molecule has 6 heteroatoms. The van der Waals surface area contributed by atoms with Crippen LogP contribution in [0.25, 0.3) is 0 Å². The fourth-order valence-corrected chi connectivity index (χ4v) is 13.2. The second-order valence-electron chi connectivity index (χ2n) is 28.5. The van der Waals surface area contributed by atoms with Gasteiger partial charge in [-0.15, -0.1) is 0 Å². The van der Waals surface area contributed by atoms with Gasteiger partial charge in [0.25, 0.3) is 0 Å². The second kappa shape index (κ2) is 78.8. The second-order valence-corrected chi connectivity index (χ2v) is 28.5. The maximum Gasteiger partial charge on any atom is 0.305 e. The number of hydrogen-bond donors (Lipinski definition) is 3. The number of nitrogens with one attached hydrogen (secondary N) is 1. The monoisotopic (exact) mass is 1250 g/mol. The minimum atomic E-state index is -0.665. The van der Waals surface area contributed by atoms with E-state index >= 15 is 0 Å². The minimum absolute atomic E-state index is 0.0155. The largest absolute Gasteiger partial charge is 0.466 e. The van der Waals surface area contributed by atoms with E-state index in [0.717, 1.165) is 44.9 Å². The Balaban J connectivity index is 3.36. The molecule has 2 atom stereocenters. The van der Waals surface area contributed by atoms with Crippen molar-refractivity contribution in [2.75, 3.05) is 13.2 Å². The van der Waals surface area contributed by atoms with Gasteiger partial charge in [-0.05, 0) is 77.0 Å². The Morgan fingerprint density at radius 2 is 0.528 bits per heavy atom. The minimum Gasteiger partial charge on any atom is -0.466 e. The zero-order chi connectivity index (χ0) is 64.2. The molecule has 0 saturated carbocycles. The van der Waals surface area contributed by atoms with Crippen LogP contribution in [0.3, 0.4) is 0 Å². The third-order valence-corrected chi connectivity index (χ3v) is 19.5. The summed E-state index contributed by atoms with van der Waals surface area (Å²) in [6.45, 7) is 5.01. The summed E-state index contributed by atoms with van der Waals surface area (Å²) in [5, 5.41) is 23.5. The normalized spacial score (nSPS) is 12.5. The van der Waals surface area contributed by atoms with Crippen molar-refractivity contribution in [3.63, 3.8) is 0 Å². The molecule has 0 spiro atoms. The molecule has 89 heavy (non-hydrogen) atoms. The fourth-order valence-electron chi connectivity index (χ4n) is 13.2. The van der Waals surface area contributed by atoms with Gasteiger partial charge < -0.3 is 20.3 Å². The van der Waals surface area contributed by atoms with Gasteiger partial charge in [0.05, 0.1) is 25.4 Å². The van der Waals surface area contributed by atoms with E-state index in [1.165, 1.54) is 392 Å². The first-order chi connectivity index (χ1) is 44.0. The van der Waals surface area contributed by atoms with Gasteiger partial charge in [0.15, 0.2) is 0 Å². The highest BCUT2D eigenvalue weighted by molar-refractivity contribution is 5.76. The molecule has 0 aliphatic carbocycles. The third kappa shape index (κ3) is 75.3. The van der Waals surface area contributed by atoms with Gasteiger partial charge in [-0.25, -0.2) is 0 Å². The van der Waals surface area contributed by atoms with E-state index in [-0.39, 0.29) is 18.5 Å². The Morgan fingerprint density at radius 3 is 0.798 bits per heavy atom. The Bertz CT molecular complexity index is 1400. The van der Waals surface area contributed by atoms with Crippen molar-refractivity contribution in [1.29, 1.82) is 0 Å². The zero-order valence-corrected chi connectivity index (χ0v) is 60.7. The zero-order valence-electron chi connectivity index (χ0n) is 60.7. The smallest absolute Gasteiger partial charge is 0.305 e. The van der Waals surface area contributed by atoms with Crippen molar-refractivity contribution in [3.05, 3.63) is 24.3 Å². The molecule has 1 amide bonds. The van der Waals surface area contributed by atoms with Crippen LogP contribution in [0.2, 0.25) is 0 Å². The molecular weight excluding hydrogens is 1090 g/mol. The van der Waals surface area contributed by atoms with Gasteiger partial charge in [0.1, 0.15) is 0 Å². The summed E-state index contributed by atoms with van der Waals surface area (Å²) in [4.78, 5) is 24.7. The molecule has 0 aromatic rings. The predicted molar refractivity (Wildman–Crippen MR) is 393 cm³/mol. The number of ether oxygens (including phenoxy) is 1. The maximum absolute atomic E-state index is 12.6. The number of carbonyl (C=O) groups is 2. The number of aliphatic hydroxyl groups excluding tert-OH is 2. The summed E-state index contributed by atoms with van der Waals surface area (Å²) in [6, 6.07) is -0.542. The molecule has 0 heterocycles. The van der Waals surface area contributed by atoms with Gasteiger partial charge >= 0.3 is 5.97 Å². The highest BCUT2D eigenvalue weighted by Crippen LogP contribution is 2.20. The average Bonchev–Trinajstić information content (AvgIpc) is 3.60. The lowest BCUT2D eigenvalue weighted by molar-refractivity contribution is -0.143. The van der Waals surface area contributed by atoms with E-state index in [9.17, 15) is 19.8 Å². The molecule has 0 aromatic carbocycles. The number of carbonyl (C=O) groups excluding carboxylic acids is 2. The quantitative estimate of drug-likeness (QED) is 0.0320. The predicted octanol–water partition coefficient (Wildman–Crippen LogP) is 27.2. The molecule has 3 N–H and O–H groups in total. The topological polar surface area (TPSA) is 95.9 Å². The van der Waals surface area contributed by atoms with Crippen LogP contribution < -0.4 is 5.32 Å². The first-order valence-electron chi connectivity index (χ1n) is 41.1. The van der Waals surface area contributed by atoms with Gasteiger partial charge in [-0.1, -0.05) is 404 Å². The molecule has 0 aromatic heterocycles. The summed E-state index contributed by atoms with van der Waals surface area (Å²) in [5.74, 6) is -0.0121. The summed E-state index contributed by atoms with van der Waals surface area (Å²) >= 11 is 0. The first-order valence-corrected chi connectivity index (χ1v) is 41.1. The summed E-state index contributed by atoms with van der Waals surface area (Å²) in [6.07, 6.45) is 101. The van der Waals surface area contributed by atoms with Crippen LogP contribution in [0.4, 0.5) is 0 Å². The van der Waals surface area contributed by atoms with Crippen LogP contribution >= 0.6 is 0 Å². The van der Waals surface area contributed by atoms with E-state index in [2.05, 4.69) is 43.5 Å². The number of unbranched alkanes of at least 4 members (excludes halogenated alkanes) is 63. The first kappa shape index (κ1) is 87.3. The van der Waals surface area contributed by atoms with Crippen molar-refractivity contribution >= 4 is 11.9 Å². The molecule has 0 saturated heterocycles. The van der Waals surface area contributed by atoms with Crippen LogP contribution in [0.5, 0.6) is 0 Å². The SMILES string of the molecule is CCCCCCCCC/C=C\CCCCCCCCCC(=O)OCCCCCCCCCCCCCC/C=C\CCCCCCCCCCCCCCCCC(=O)NC(CO)C(O)CCCCCCCCCCCCCCCCCCCCCCCCCC. The molecule has 0 rings (SSSR count). The van der Waals surface area contributed by atoms with Crippen molar-refractivity contribution in [2.24, 2.45) is 0 Å². The fraction of sp³-hybridized carbons (Fsp3) is 0.928. The lowest BCUT2D eigenvalue weighted by atomic mass is 10.0. The molecular formula is C83H161NO5. The van der Waals surface area contributed by atoms with Crippen molar-refractivity contribution in [2.45, 2.75) is 482 Å². The molecule has 0 fully saturated rings. The molecule has 528 valence electrons. The van der Waals surface area contributed by atoms with Crippen LogP contribution in [0, 0.1) is 0 Å². The molecule has 0 bridgehead atoms. The summed E-state index contributed by atoms with van der Waals surface area (Å²) < 4.78 is 5.51. The van der Waals surface area contributed by atoms with Gasteiger partial charge in [-0.3, -0.25) is 9.59 Å². The molecule has 0 aliphatic heterocycles. The molecule has 2 unspecified atom stereocenters. The van der Waals surface area contributed by atoms with Crippen LogP contribution in [0.15, 0.2) is 24.3 Å². The highest BCUT2D eigenvalue weighted by atomic mass is 16.5. The lowest BCUT2D eigenvalue weighted by Gasteiger charge is -2.22. The van der Waals surface area contributed by atoms with Crippen LogP contribution in [-0.2, 0) is 14.3 Å². The van der Waals surface area contributed by atoms with E-state index in [0.29, 0.717) is 25.9 Å². The van der Waals surface area contributed by atoms with Crippen LogP contribution in [0.1, 0.15) is 470 Å². The van der Waals surface area contributed by atoms with Crippen molar-refractivity contribution in [3.8, 4) is 0 Å². The lowest BCUT2D eigenvalue weighted by Crippen LogP contribution is -2.45. The van der Waals surface area contributed by atoms with Crippen LogP contribution in [-0.4, -0.2) is 47.4 Å². The number of esters is 1. The van der Waals surface area contributed by atoms with Gasteiger partial charge in [0, 0.05) is 12.8 Å². The van der Waals surface area contributed by atoms with Crippen molar-refractivity contribution in [1.82, 2.24) is 5.32 Å². The molecule has 0 aliphatic rings. The van der Waals surface area contributed by atoms with E-state index in [1.807, 2.05) is 0 Å². The van der Waals surface area contributed by atoms with Gasteiger partial charge in [-0.2, -0.15) is 0 Å². The van der Waals surface area contributed by atoms with Gasteiger partial charge in [0.2, 0.25) is 5.91 Å². The highest BCUT2D eigenvalue weighted by Gasteiger charge is 2.20. The summed E-state index contributed by atoms with van der Waals surface area (Å²) in [5.41, 5.74) is 0. The molecule has 0 radical (unpaired) electrons. The number of allylic oxidation sites excluding steroid dienone is 4. The summed E-state index contributed by atoms with van der Waals surface area (Å²) in [7, 11) is 0. The molecule has 6 nitrogen and oxygen atoms in total. The third-order valence-electron chi connectivity index (χ3n) is 19.5. The number of hydrogen-bond acceptors (Lipinski definition) is 5. The average molecular weight is 1250 g/mol. The Hall–Kier alpha value is -1.66. The number of rotatable bonds is 78. The number of aliphatic hydroxyl groups is 2. The van der Waals surface area contributed by atoms with E-state index < -0.39 is 12.1 Å². The Morgan fingerprint density at radius 1 is 0.303 bits per heavy atom. The van der Waals surface area contributed by atoms with E-state index in [4.69, 9.17) is 4.74 Å². The Kier molecular flexibility index (Phi) is 77.3. The van der Waals surface area contributed by atoms with Crippen molar-refractivity contribution < 1.29 is 24.5 Å². The standard InChI is InChI=1S/C83H161NO5/c1-3-5-7-9-11-13-15-17-19-21-23-24-25-34-37-40-43-47-51-55-59-63-67-71-75-81(86)80(79-85)84-82(87)76-72-68-64-60-56-52-48-44-41-38-35-32-30-28-26-27-29-31-33-36-39-42-46-50-54-58-62-66-70-74-78-89-83(88)77-73-69-65-61-57-53-49-45-22-20-18-16-14-12-10-8-6-4-2/h20,22,27,29,80-81,85-86H,3-19,21,23-26,28,30-79H2,1-2H3,(H,84,87)/b22-20-,29-27-. The maximum atomic E-state index is 12.6. The number of amides is 1. The van der Waals surface area contributed by atoms with E-state index in [1.54, 1.807) is 0 Å².